The Morgan fingerprint density at radius 1 is 1.69 bits per heavy atom. The molecule has 4 nitrogen and oxygen atoms in total. The van der Waals surface area contributed by atoms with Crippen LogP contribution in [0.15, 0.2) is 25.0 Å². The zero-order chi connectivity index (χ0) is 11.8. The minimum atomic E-state index is 0.158. The number of rotatable bonds is 8. The molecule has 0 aliphatic rings. The van der Waals surface area contributed by atoms with Gasteiger partial charge in [-0.2, -0.15) is 0 Å². The third kappa shape index (κ3) is 3.98. The molecular weight excluding hydrogens is 202 g/mol. The van der Waals surface area contributed by atoms with E-state index in [2.05, 4.69) is 23.8 Å². The molecule has 1 heterocycles. The lowest BCUT2D eigenvalue weighted by Gasteiger charge is -2.05. The first kappa shape index (κ1) is 12.6. The number of aromatic nitrogens is 2. The van der Waals surface area contributed by atoms with Crippen LogP contribution in [0.2, 0.25) is 0 Å². The van der Waals surface area contributed by atoms with Gasteiger partial charge in [-0.15, -0.1) is 6.58 Å². The fourth-order valence-electron chi connectivity index (χ4n) is 1.50. The lowest BCUT2D eigenvalue weighted by molar-refractivity contribution is -0.117. The Balaban J connectivity index is 2.42. The molecule has 0 unspecified atom stereocenters. The largest absolute Gasteiger partial charge is 0.335 e. The second-order valence-electron chi connectivity index (χ2n) is 3.67. The van der Waals surface area contributed by atoms with E-state index in [1.165, 1.54) is 0 Å². The van der Waals surface area contributed by atoms with Gasteiger partial charge in [0.2, 0.25) is 0 Å². The summed E-state index contributed by atoms with van der Waals surface area (Å²) in [5.41, 5.74) is 0. The third-order valence-electron chi connectivity index (χ3n) is 2.23. The van der Waals surface area contributed by atoms with Crippen LogP contribution in [0.25, 0.3) is 0 Å². The number of ketones is 1. The van der Waals surface area contributed by atoms with E-state index in [0.717, 1.165) is 18.8 Å². The molecule has 0 radical (unpaired) electrons. The van der Waals surface area contributed by atoms with E-state index in [4.69, 9.17) is 0 Å². The highest BCUT2D eigenvalue weighted by molar-refractivity contribution is 5.82. The van der Waals surface area contributed by atoms with E-state index in [1.807, 2.05) is 10.8 Å². The summed E-state index contributed by atoms with van der Waals surface area (Å²) in [7, 11) is 0. The molecule has 16 heavy (non-hydrogen) atoms. The van der Waals surface area contributed by atoms with Gasteiger partial charge in [0, 0.05) is 25.5 Å². The standard InChI is InChI=1S/C12H19N3O/c1-3-5-13-10-11(16)9-12-14-6-8-15(12)7-4-2/h3,6,8,13H,1,4-5,7,9-10H2,2H3. The van der Waals surface area contributed by atoms with Gasteiger partial charge in [0.25, 0.3) is 0 Å². The van der Waals surface area contributed by atoms with Gasteiger partial charge >= 0.3 is 0 Å². The lowest BCUT2D eigenvalue weighted by Crippen LogP contribution is -2.25. The molecule has 1 N–H and O–H groups in total. The number of hydrogen-bond acceptors (Lipinski definition) is 3. The average molecular weight is 221 g/mol. The normalized spacial score (nSPS) is 10.3. The number of carbonyl (C=O) groups excluding carboxylic acids is 1. The third-order valence-corrected chi connectivity index (χ3v) is 2.23. The minimum absolute atomic E-state index is 0.158. The molecule has 0 fully saturated rings. The fraction of sp³-hybridized carbons (Fsp3) is 0.500. The Kier molecular flexibility index (Phi) is 5.50. The summed E-state index contributed by atoms with van der Waals surface area (Å²) >= 11 is 0. The zero-order valence-electron chi connectivity index (χ0n) is 9.78. The molecule has 4 heteroatoms. The van der Waals surface area contributed by atoms with Gasteiger partial charge in [-0.3, -0.25) is 4.79 Å². The van der Waals surface area contributed by atoms with Crippen molar-refractivity contribution in [1.82, 2.24) is 14.9 Å². The quantitative estimate of drug-likeness (QED) is 0.529. The molecule has 1 aromatic heterocycles. The summed E-state index contributed by atoms with van der Waals surface area (Å²) < 4.78 is 2.03. The van der Waals surface area contributed by atoms with Crippen LogP contribution in [0, 0.1) is 0 Å². The molecule has 0 aliphatic heterocycles. The van der Waals surface area contributed by atoms with Crippen molar-refractivity contribution >= 4 is 5.78 Å². The van der Waals surface area contributed by atoms with Crippen molar-refractivity contribution < 1.29 is 4.79 Å². The zero-order valence-corrected chi connectivity index (χ0v) is 9.78. The predicted octanol–water partition coefficient (Wildman–Crippen LogP) is 1.18. The first-order valence-corrected chi connectivity index (χ1v) is 5.61. The number of aryl methyl sites for hydroxylation is 1. The fourth-order valence-corrected chi connectivity index (χ4v) is 1.50. The summed E-state index contributed by atoms with van der Waals surface area (Å²) in [5, 5.41) is 2.99. The van der Waals surface area contributed by atoms with E-state index >= 15 is 0 Å². The van der Waals surface area contributed by atoms with Crippen LogP contribution in [0.4, 0.5) is 0 Å². The van der Waals surface area contributed by atoms with Crippen molar-refractivity contribution in [3.05, 3.63) is 30.9 Å². The molecule has 88 valence electrons. The smallest absolute Gasteiger partial charge is 0.154 e. The van der Waals surface area contributed by atoms with Crippen molar-refractivity contribution in [3.8, 4) is 0 Å². The Bertz CT molecular complexity index is 344. The Labute approximate surface area is 96.4 Å². The van der Waals surface area contributed by atoms with Crippen LogP contribution in [0.3, 0.4) is 0 Å². The molecule has 0 atom stereocenters. The van der Waals surface area contributed by atoms with Gasteiger partial charge in [0.1, 0.15) is 5.82 Å². The van der Waals surface area contributed by atoms with Crippen molar-refractivity contribution in [1.29, 1.82) is 0 Å². The van der Waals surface area contributed by atoms with E-state index in [0.29, 0.717) is 19.5 Å². The van der Waals surface area contributed by atoms with E-state index in [-0.39, 0.29) is 5.78 Å². The number of nitrogens with zero attached hydrogens (tertiary/aromatic N) is 2. The lowest BCUT2D eigenvalue weighted by atomic mass is 10.2. The SMILES string of the molecule is C=CCNCC(=O)Cc1nccn1CCC. The number of imidazole rings is 1. The predicted molar refractivity (Wildman–Crippen MR) is 64.3 cm³/mol. The van der Waals surface area contributed by atoms with E-state index < -0.39 is 0 Å². The van der Waals surface area contributed by atoms with Crippen LogP contribution in [-0.2, 0) is 17.8 Å². The summed E-state index contributed by atoms with van der Waals surface area (Å²) in [5.74, 6) is 1.01. The number of hydrogen-bond donors (Lipinski definition) is 1. The van der Waals surface area contributed by atoms with Gasteiger partial charge in [0.05, 0.1) is 13.0 Å². The monoisotopic (exact) mass is 221 g/mol. The van der Waals surface area contributed by atoms with Gasteiger partial charge in [-0.25, -0.2) is 4.98 Å². The van der Waals surface area contributed by atoms with Crippen LogP contribution in [0.5, 0.6) is 0 Å². The molecule has 0 aliphatic carbocycles. The summed E-state index contributed by atoms with van der Waals surface area (Å²) in [4.78, 5) is 15.8. The highest BCUT2D eigenvalue weighted by atomic mass is 16.1. The molecule has 0 saturated heterocycles. The summed E-state index contributed by atoms with van der Waals surface area (Å²) in [6.45, 7) is 7.65. The van der Waals surface area contributed by atoms with Gasteiger partial charge in [0.15, 0.2) is 5.78 Å². The first-order chi connectivity index (χ1) is 7.77. The van der Waals surface area contributed by atoms with Gasteiger partial charge in [-0.1, -0.05) is 13.0 Å². The number of Topliss-reactive ketones (excluding diaryl/α,β-unsaturated/α-hetero) is 1. The molecule has 0 saturated carbocycles. The van der Waals surface area contributed by atoms with E-state index in [1.54, 1.807) is 12.3 Å². The van der Waals surface area contributed by atoms with Crippen LogP contribution >= 0.6 is 0 Å². The maximum atomic E-state index is 11.6. The topological polar surface area (TPSA) is 46.9 Å². The van der Waals surface area contributed by atoms with Crippen molar-refractivity contribution in [2.75, 3.05) is 13.1 Å². The molecule has 0 amide bonds. The Morgan fingerprint density at radius 2 is 2.50 bits per heavy atom. The molecule has 1 rings (SSSR count). The Morgan fingerprint density at radius 3 is 3.19 bits per heavy atom. The van der Waals surface area contributed by atoms with Gasteiger partial charge in [-0.05, 0) is 6.42 Å². The summed E-state index contributed by atoms with van der Waals surface area (Å²) in [6.07, 6.45) is 6.85. The second-order valence-corrected chi connectivity index (χ2v) is 3.67. The highest BCUT2D eigenvalue weighted by Gasteiger charge is 2.07. The maximum absolute atomic E-state index is 11.6. The molecule has 0 spiro atoms. The number of carbonyl (C=O) groups is 1. The van der Waals surface area contributed by atoms with Crippen molar-refractivity contribution in [2.24, 2.45) is 0 Å². The van der Waals surface area contributed by atoms with Crippen molar-refractivity contribution in [3.63, 3.8) is 0 Å². The summed E-state index contributed by atoms with van der Waals surface area (Å²) in [6, 6.07) is 0. The molecular formula is C12H19N3O. The van der Waals surface area contributed by atoms with Gasteiger partial charge < -0.3 is 9.88 Å². The van der Waals surface area contributed by atoms with Crippen molar-refractivity contribution in [2.45, 2.75) is 26.3 Å². The van der Waals surface area contributed by atoms with Crippen LogP contribution in [0.1, 0.15) is 19.2 Å². The molecule has 0 bridgehead atoms. The molecule has 0 aromatic carbocycles. The van der Waals surface area contributed by atoms with Crippen LogP contribution in [-0.4, -0.2) is 28.4 Å². The minimum Gasteiger partial charge on any atom is -0.335 e. The highest BCUT2D eigenvalue weighted by Crippen LogP contribution is 2.00. The average Bonchev–Trinajstić information content (AvgIpc) is 2.67. The number of nitrogens with one attached hydrogen (secondary N) is 1. The Hall–Kier alpha value is -1.42. The first-order valence-electron chi connectivity index (χ1n) is 5.61. The second kappa shape index (κ2) is 6.95. The molecule has 1 aromatic rings. The maximum Gasteiger partial charge on any atom is 0.154 e. The van der Waals surface area contributed by atoms with Crippen LogP contribution < -0.4 is 5.32 Å². The van der Waals surface area contributed by atoms with E-state index in [9.17, 15) is 4.79 Å².